The zero-order valence-electron chi connectivity index (χ0n) is 27.0. The van der Waals surface area contributed by atoms with Crippen LogP contribution in [0.4, 0.5) is 4.79 Å². The number of fused-ring (bicyclic) bond motifs is 1. The van der Waals surface area contributed by atoms with Gasteiger partial charge >= 0.3 is 6.03 Å². The van der Waals surface area contributed by atoms with Crippen LogP contribution in [-0.4, -0.2) is 74.8 Å². The molecule has 11 nitrogen and oxygen atoms in total. The summed E-state index contributed by atoms with van der Waals surface area (Å²) >= 11 is 0. The number of nitrogens with one attached hydrogen (secondary N) is 4. The summed E-state index contributed by atoms with van der Waals surface area (Å²) in [6.45, 7) is 4.62. The Kier molecular flexibility index (Phi) is 10.3. The minimum absolute atomic E-state index is 0.0516. The molecule has 11 heteroatoms. The van der Waals surface area contributed by atoms with E-state index in [0.717, 1.165) is 38.9 Å². The molecule has 1 aromatic heterocycles. The van der Waals surface area contributed by atoms with Crippen molar-refractivity contribution in [1.82, 2.24) is 35.9 Å². The highest BCUT2D eigenvalue weighted by Gasteiger charge is 2.43. The average molecular weight is 658 g/mol. The molecule has 0 saturated carbocycles. The third-order valence-electron chi connectivity index (χ3n) is 8.57. The number of amides is 4. The lowest BCUT2D eigenvalue weighted by molar-refractivity contribution is -0.156. The Morgan fingerprint density at radius 1 is 0.939 bits per heavy atom. The molecule has 4 aromatic carbocycles. The molecule has 5 aromatic rings. The number of benzene rings is 4. The predicted octanol–water partition coefficient (Wildman–Crippen LogP) is 4.32. The van der Waals surface area contributed by atoms with Crippen molar-refractivity contribution in [3.05, 3.63) is 132 Å². The van der Waals surface area contributed by atoms with Gasteiger partial charge in [0.2, 0.25) is 11.8 Å². The monoisotopic (exact) mass is 657 g/mol. The molecule has 250 valence electrons. The number of nitrogens with zero attached hydrogens (tertiary/aromatic N) is 3. The molecule has 4 amide bonds. The number of H-pyrrole nitrogens is 1. The molecular weight excluding hydrogens is 618 g/mol. The second-order valence-electron chi connectivity index (χ2n) is 11.9. The van der Waals surface area contributed by atoms with Gasteiger partial charge in [-0.25, -0.2) is 4.79 Å². The van der Waals surface area contributed by atoms with Crippen LogP contribution in [-0.2, 0) is 29.1 Å². The summed E-state index contributed by atoms with van der Waals surface area (Å²) in [5.41, 5.74) is 5.12. The summed E-state index contributed by atoms with van der Waals surface area (Å²) in [6.07, 6.45) is 0.986. The second-order valence-corrected chi connectivity index (χ2v) is 11.9. The van der Waals surface area contributed by atoms with Crippen LogP contribution in [0.25, 0.3) is 22.2 Å². The van der Waals surface area contributed by atoms with Crippen molar-refractivity contribution in [2.24, 2.45) is 0 Å². The number of hydrogen-bond donors (Lipinski definition) is 5. The summed E-state index contributed by atoms with van der Waals surface area (Å²) in [7, 11) is 0. The number of para-hydroxylation sites is 1. The van der Waals surface area contributed by atoms with Gasteiger partial charge in [0.05, 0.1) is 24.3 Å². The molecule has 6 rings (SSSR count). The number of carbonyl (C=O) groups is 3. The van der Waals surface area contributed by atoms with E-state index in [1.54, 1.807) is 35.2 Å². The van der Waals surface area contributed by atoms with Gasteiger partial charge in [0.1, 0.15) is 18.0 Å². The quantitative estimate of drug-likeness (QED) is 0.1000. The van der Waals surface area contributed by atoms with Crippen LogP contribution >= 0.6 is 0 Å². The third-order valence-corrected chi connectivity index (χ3v) is 8.57. The van der Waals surface area contributed by atoms with Gasteiger partial charge in [-0.2, -0.15) is 5.10 Å². The SMILES string of the molecule is C=CCNCC(=O)N1[C@@H](NC(=O)NCc2ccccc2)CN(Cc2cccc3c(-c4ccccc4)[nH]nc23)C(=O)[C@@H]1Cc1ccc(O)cc1. The summed E-state index contributed by atoms with van der Waals surface area (Å²) in [5, 5.41) is 27.5. The summed E-state index contributed by atoms with van der Waals surface area (Å²) < 4.78 is 0. The predicted molar refractivity (Wildman–Crippen MR) is 188 cm³/mol. The largest absolute Gasteiger partial charge is 0.508 e. The fraction of sp³-hybridized carbons (Fsp3) is 0.211. The summed E-state index contributed by atoms with van der Waals surface area (Å²) in [4.78, 5) is 44.8. The molecule has 1 aliphatic heterocycles. The first-order chi connectivity index (χ1) is 23.9. The van der Waals surface area contributed by atoms with Crippen LogP contribution in [0, 0.1) is 0 Å². The van der Waals surface area contributed by atoms with Crippen LogP contribution in [0.1, 0.15) is 16.7 Å². The van der Waals surface area contributed by atoms with Crippen molar-refractivity contribution < 1.29 is 19.5 Å². The molecule has 1 aliphatic rings. The van der Waals surface area contributed by atoms with E-state index in [9.17, 15) is 19.5 Å². The Labute approximate surface area is 284 Å². The number of aromatic nitrogens is 2. The fourth-order valence-corrected chi connectivity index (χ4v) is 6.19. The highest BCUT2D eigenvalue weighted by molar-refractivity contribution is 5.95. The van der Waals surface area contributed by atoms with Crippen molar-refractivity contribution >= 4 is 28.7 Å². The van der Waals surface area contributed by atoms with E-state index >= 15 is 0 Å². The van der Waals surface area contributed by atoms with Crippen molar-refractivity contribution in [1.29, 1.82) is 0 Å². The van der Waals surface area contributed by atoms with Gasteiger partial charge in [-0.05, 0) is 28.8 Å². The van der Waals surface area contributed by atoms with Gasteiger partial charge in [-0.3, -0.25) is 14.7 Å². The average Bonchev–Trinajstić information content (AvgIpc) is 3.56. The molecule has 1 fully saturated rings. The topological polar surface area (TPSA) is 143 Å². The van der Waals surface area contributed by atoms with Crippen LogP contribution < -0.4 is 16.0 Å². The van der Waals surface area contributed by atoms with E-state index in [-0.39, 0.29) is 43.6 Å². The van der Waals surface area contributed by atoms with Gasteiger partial charge in [-0.1, -0.05) is 97.1 Å². The Morgan fingerprint density at radius 3 is 2.41 bits per heavy atom. The summed E-state index contributed by atoms with van der Waals surface area (Å²) in [5.74, 6) is -0.504. The maximum Gasteiger partial charge on any atom is 0.316 e. The van der Waals surface area contributed by atoms with Gasteiger partial charge in [0.25, 0.3) is 0 Å². The Hall–Kier alpha value is -5.94. The number of rotatable bonds is 12. The lowest BCUT2D eigenvalue weighted by Gasteiger charge is -2.46. The van der Waals surface area contributed by atoms with Crippen molar-refractivity contribution in [2.75, 3.05) is 19.6 Å². The molecule has 1 saturated heterocycles. The minimum atomic E-state index is -0.936. The first kappa shape index (κ1) is 33.0. The standard InChI is InChI=1S/C38H39N7O4/c1-2-20-39-23-34(47)45-32(21-26-16-18-30(46)19-17-26)37(48)44(25-33(45)41-38(49)40-22-27-10-5-3-6-11-27)24-29-14-9-15-31-35(42-43-36(29)31)28-12-7-4-8-13-28/h2-19,32-33,39,46H,1,20-25H2,(H,42,43)(H2,40,41,49)/t32-,33+/m0/s1. The smallest absolute Gasteiger partial charge is 0.316 e. The van der Waals surface area contributed by atoms with E-state index in [1.165, 1.54) is 4.90 Å². The van der Waals surface area contributed by atoms with Crippen LogP contribution in [0.5, 0.6) is 5.75 Å². The Bertz CT molecular complexity index is 1910. The molecule has 0 unspecified atom stereocenters. The molecule has 0 radical (unpaired) electrons. The molecule has 0 bridgehead atoms. The van der Waals surface area contributed by atoms with Crippen LogP contribution in [0.3, 0.4) is 0 Å². The van der Waals surface area contributed by atoms with Crippen molar-refractivity contribution in [3.8, 4) is 17.0 Å². The molecule has 2 heterocycles. The summed E-state index contributed by atoms with van der Waals surface area (Å²) in [6, 6.07) is 30.5. The van der Waals surface area contributed by atoms with Gasteiger partial charge in [0, 0.05) is 37.0 Å². The molecule has 49 heavy (non-hydrogen) atoms. The molecule has 5 N–H and O–H groups in total. The molecule has 2 atom stereocenters. The number of urea groups is 1. The van der Waals surface area contributed by atoms with E-state index in [4.69, 9.17) is 0 Å². The first-order valence-corrected chi connectivity index (χ1v) is 16.2. The molecular formula is C38H39N7O4. The fourth-order valence-electron chi connectivity index (χ4n) is 6.19. The number of aromatic hydroxyl groups is 1. The van der Waals surface area contributed by atoms with E-state index in [1.807, 2.05) is 78.9 Å². The Morgan fingerprint density at radius 2 is 1.67 bits per heavy atom. The van der Waals surface area contributed by atoms with E-state index in [2.05, 4.69) is 32.7 Å². The number of phenols is 1. The molecule has 0 spiro atoms. The number of hydrogen-bond acceptors (Lipinski definition) is 6. The maximum absolute atomic E-state index is 14.4. The van der Waals surface area contributed by atoms with Crippen molar-refractivity contribution in [2.45, 2.75) is 31.7 Å². The van der Waals surface area contributed by atoms with Crippen LogP contribution in [0.15, 0.2) is 116 Å². The number of carbonyl (C=O) groups excluding carboxylic acids is 3. The van der Waals surface area contributed by atoms with Gasteiger partial charge in [-0.15, -0.1) is 6.58 Å². The third kappa shape index (κ3) is 7.79. The van der Waals surface area contributed by atoms with E-state index < -0.39 is 18.2 Å². The normalized spacial score (nSPS) is 16.0. The number of aromatic amines is 1. The van der Waals surface area contributed by atoms with Crippen molar-refractivity contribution in [3.63, 3.8) is 0 Å². The zero-order valence-corrected chi connectivity index (χ0v) is 27.0. The van der Waals surface area contributed by atoms with Crippen LogP contribution in [0.2, 0.25) is 0 Å². The van der Waals surface area contributed by atoms with Gasteiger partial charge < -0.3 is 30.9 Å². The van der Waals surface area contributed by atoms with E-state index in [0.29, 0.717) is 13.1 Å². The number of phenolic OH excluding ortho intramolecular Hbond substituents is 1. The second kappa shape index (κ2) is 15.3. The highest BCUT2D eigenvalue weighted by atomic mass is 16.3. The molecule has 0 aliphatic carbocycles. The lowest BCUT2D eigenvalue weighted by atomic mass is 9.98. The lowest BCUT2D eigenvalue weighted by Crippen LogP contribution is -2.69. The van der Waals surface area contributed by atoms with Gasteiger partial charge in [0.15, 0.2) is 0 Å². The number of piperazine rings is 1. The zero-order chi connectivity index (χ0) is 34.2. The Balaban J connectivity index is 1.32. The minimum Gasteiger partial charge on any atom is -0.508 e. The first-order valence-electron chi connectivity index (χ1n) is 16.2. The highest BCUT2D eigenvalue weighted by Crippen LogP contribution is 2.30. The maximum atomic E-state index is 14.4.